The molecule has 1 amide bonds. The minimum atomic E-state index is -0.454. The Labute approximate surface area is 126 Å². The quantitative estimate of drug-likeness (QED) is 0.878. The Morgan fingerprint density at radius 1 is 1.38 bits per heavy atom. The maximum Gasteiger partial charge on any atom is 0.407 e. The fourth-order valence-corrected chi connectivity index (χ4v) is 2.95. The van der Waals surface area contributed by atoms with Crippen molar-refractivity contribution in [2.24, 2.45) is 7.05 Å². The van der Waals surface area contributed by atoms with E-state index in [2.05, 4.69) is 10.4 Å². The second-order valence-corrected chi connectivity index (χ2v) is 6.80. The molecule has 1 fully saturated rings. The number of hydrogen-bond acceptors (Lipinski definition) is 4. The molecular weight excluding hydrogens is 268 g/mol. The topological polar surface area (TPSA) is 82.2 Å². The van der Waals surface area contributed by atoms with Crippen molar-refractivity contribution in [2.45, 2.75) is 64.0 Å². The molecular formula is C15H26N4O2. The molecule has 6 heteroatoms. The predicted octanol–water partition coefficient (Wildman–Crippen LogP) is 2.55. The van der Waals surface area contributed by atoms with Gasteiger partial charge in [-0.25, -0.2) is 4.79 Å². The monoisotopic (exact) mass is 294 g/mol. The van der Waals surface area contributed by atoms with E-state index in [1.165, 1.54) is 0 Å². The largest absolute Gasteiger partial charge is 0.444 e. The summed E-state index contributed by atoms with van der Waals surface area (Å²) < 4.78 is 7.16. The molecule has 0 spiro atoms. The number of nitrogens with zero attached hydrogens (tertiary/aromatic N) is 2. The molecule has 1 aliphatic carbocycles. The van der Waals surface area contributed by atoms with Crippen molar-refractivity contribution < 1.29 is 9.53 Å². The highest BCUT2D eigenvalue weighted by molar-refractivity contribution is 5.68. The lowest BCUT2D eigenvalue weighted by molar-refractivity contribution is 0.0491. The first-order valence-corrected chi connectivity index (χ1v) is 7.53. The lowest BCUT2D eigenvalue weighted by atomic mass is 9.83. The SMILES string of the molecule is Cn1ncc(N)c1C1CCC(NC(=O)OC(C)(C)C)CC1. The smallest absolute Gasteiger partial charge is 0.407 e. The Hall–Kier alpha value is -1.72. The minimum absolute atomic E-state index is 0.186. The van der Waals surface area contributed by atoms with Gasteiger partial charge in [0.2, 0.25) is 0 Å². The summed E-state index contributed by atoms with van der Waals surface area (Å²) in [7, 11) is 1.93. The summed E-state index contributed by atoms with van der Waals surface area (Å²) in [5.41, 5.74) is 7.41. The Morgan fingerprint density at radius 3 is 2.48 bits per heavy atom. The summed E-state index contributed by atoms with van der Waals surface area (Å²) in [5.74, 6) is 0.425. The van der Waals surface area contributed by atoms with E-state index in [9.17, 15) is 4.79 Å². The van der Waals surface area contributed by atoms with Gasteiger partial charge < -0.3 is 15.8 Å². The first-order chi connectivity index (χ1) is 9.76. The molecule has 6 nitrogen and oxygen atoms in total. The van der Waals surface area contributed by atoms with Gasteiger partial charge in [-0.1, -0.05) is 0 Å². The summed E-state index contributed by atoms with van der Waals surface area (Å²) in [4.78, 5) is 11.8. The Balaban J connectivity index is 1.85. The number of aryl methyl sites for hydroxylation is 1. The number of carbonyl (C=O) groups is 1. The van der Waals surface area contributed by atoms with Gasteiger partial charge in [0.05, 0.1) is 17.6 Å². The molecule has 0 saturated heterocycles. The van der Waals surface area contributed by atoms with Crippen molar-refractivity contribution in [1.82, 2.24) is 15.1 Å². The van der Waals surface area contributed by atoms with Gasteiger partial charge >= 0.3 is 6.09 Å². The van der Waals surface area contributed by atoms with Gasteiger partial charge in [-0.15, -0.1) is 0 Å². The number of amides is 1. The molecule has 1 saturated carbocycles. The molecule has 1 heterocycles. The van der Waals surface area contributed by atoms with Gasteiger partial charge in [0, 0.05) is 19.0 Å². The number of rotatable bonds is 2. The van der Waals surface area contributed by atoms with Gasteiger partial charge in [-0.3, -0.25) is 4.68 Å². The fraction of sp³-hybridized carbons (Fsp3) is 0.733. The molecule has 0 unspecified atom stereocenters. The molecule has 0 atom stereocenters. The zero-order valence-electron chi connectivity index (χ0n) is 13.3. The first kappa shape index (κ1) is 15.7. The molecule has 0 aromatic carbocycles. The van der Waals surface area contributed by atoms with Crippen molar-refractivity contribution in [1.29, 1.82) is 0 Å². The number of carbonyl (C=O) groups excluding carboxylic acids is 1. The molecule has 1 aliphatic rings. The number of alkyl carbamates (subject to hydrolysis) is 1. The van der Waals surface area contributed by atoms with Crippen LogP contribution in [0.2, 0.25) is 0 Å². The van der Waals surface area contributed by atoms with E-state index < -0.39 is 5.60 Å². The molecule has 0 bridgehead atoms. The third-order valence-electron chi connectivity index (χ3n) is 3.85. The van der Waals surface area contributed by atoms with Crippen LogP contribution in [0.1, 0.15) is 58.1 Å². The van der Waals surface area contributed by atoms with E-state index in [1.54, 1.807) is 6.20 Å². The summed E-state index contributed by atoms with van der Waals surface area (Å²) in [6.45, 7) is 5.61. The second-order valence-electron chi connectivity index (χ2n) is 6.80. The lowest BCUT2D eigenvalue weighted by Crippen LogP contribution is -2.40. The fourth-order valence-electron chi connectivity index (χ4n) is 2.95. The van der Waals surface area contributed by atoms with Crippen molar-refractivity contribution >= 4 is 11.8 Å². The van der Waals surface area contributed by atoms with Crippen molar-refractivity contribution in [3.05, 3.63) is 11.9 Å². The molecule has 0 aliphatic heterocycles. The number of aromatic nitrogens is 2. The molecule has 1 aromatic rings. The second kappa shape index (κ2) is 5.95. The number of hydrogen-bond donors (Lipinski definition) is 2. The lowest BCUT2D eigenvalue weighted by Gasteiger charge is -2.30. The van der Waals surface area contributed by atoms with E-state index in [1.807, 2.05) is 32.5 Å². The summed E-state index contributed by atoms with van der Waals surface area (Å²) in [6, 6.07) is 0.186. The van der Waals surface area contributed by atoms with E-state index in [0.29, 0.717) is 5.92 Å². The Morgan fingerprint density at radius 2 is 2.00 bits per heavy atom. The Kier molecular flexibility index (Phi) is 4.44. The van der Waals surface area contributed by atoms with Crippen LogP contribution in [0.4, 0.5) is 10.5 Å². The van der Waals surface area contributed by atoms with Crippen LogP contribution in [0.5, 0.6) is 0 Å². The van der Waals surface area contributed by atoms with E-state index in [-0.39, 0.29) is 12.1 Å². The van der Waals surface area contributed by atoms with Gasteiger partial charge in [-0.2, -0.15) is 5.10 Å². The molecule has 0 radical (unpaired) electrons. The maximum atomic E-state index is 11.8. The minimum Gasteiger partial charge on any atom is -0.444 e. The highest BCUT2D eigenvalue weighted by Crippen LogP contribution is 2.35. The van der Waals surface area contributed by atoms with Crippen LogP contribution in [0.25, 0.3) is 0 Å². The zero-order valence-corrected chi connectivity index (χ0v) is 13.3. The number of nitrogen functional groups attached to an aromatic ring is 1. The summed E-state index contributed by atoms with van der Waals surface area (Å²) in [5, 5.41) is 7.16. The van der Waals surface area contributed by atoms with Crippen LogP contribution < -0.4 is 11.1 Å². The van der Waals surface area contributed by atoms with Crippen LogP contribution in [-0.2, 0) is 11.8 Å². The number of anilines is 1. The highest BCUT2D eigenvalue weighted by atomic mass is 16.6. The average Bonchev–Trinajstić information content (AvgIpc) is 2.68. The van der Waals surface area contributed by atoms with Gasteiger partial charge in [0.25, 0.3) is 0 Å². The Bertz CT molecular complexity index is 477. The van der Waals surface area contributed by atoms with Crippen LogP contribution in [0.3, 0.4) is 0 Å². The van der Waals surface area contributed by atoms with Gasteiger partial charge in [-0.05, 0) is 46.5 Å². The molecule has 118 valence electrons. The normalized spacial score (nSPS) is 22.9. The number of nitrogens with two attached hydrogens (primary N) is 1. The third-order valence-corrected chi connectivity index (χ3v) is 3.85. The molecule has 2 rings (SSSR count). The van der Waals surface area contributed by atoms with Crippen LogP contribution in [0, 0.1) is 0 Å². The molecule has 3 N–H and O–H groups in total. The summed E-state index contributed by atoms with van der Waals surface area (Å²) in [6.07, 6.45) is 5.27. The first-order valence-electron chi connectivity index (χ1n) is 7.53. The van der Waals surface area contributed by atoms with Crippen molar-refractivity contribution in [3.8, 4) is 0 Å². The average molecular weight is 294 g/mol. The molecule has 1 aromatic heterocycles. The van der Waals surface area contributed by atoms with Crippen LogP contribution in [0.15, 0.2) is 6.20 Å². The third kappa shape index (κ3) is 4.12. The van der Waals surface area contributed by atoms with Crippen LogP contribution in [-0.4, -0.2) is 27.5 Å². The maximum absolute atomic E-state index is 11.8. The predicted molar refractivity (Wildman–Crippen MR) is 82.0 cm³/mol. The highest BCUT2D eigenvalue weighted by Gasteiger charge is 2.27. The summed E-state index contributed by atoms with van der Waals surface area (Å²) >= 11 is 0. The molecule has 21 heavy (non-hydrogen) atoms. The van der Waals surface area contributed by atoms with Crippen LogP contribution >= 0.6 is 0 Å². The van der Waals surface area contributed by atoms with Crippen molar-refractivity contribution in [2.75, 3.05) is 5.73 Å². The number of nitrogens with one attached hydrogen (secondary N) is 1. The van der Waals surface area contributed by atoms with Gasteiger partial charge in [0.1, 0.15) is 5.60 Å². The van der Waals surface area contributed by atoms with E-state index >= 15 is 0 Å². The van der Waals surface area contributed by atoms with Gasteiger partial charge in [0.15, 0.2) is 0 Å². The van der Waals surface area contributed by atoms with E-state index in [0.717, 1.165) is 37.1 Å². The zero-order chi connectivity index (χ0) is 15.6. The van der Waals surface area contributed by atoms with E-state index in [4.69, 9.17) is 10.5 Å². The standard InChI is InChI=1S/C15H26N4O2/c1-15(2,3)21-14(20)18-11-7-5-10(6-8-11)13-12(16)9-17-19(13)4/h9-11H,5-8,16H2,1-4H3,(H,18,20). The number of ether oxygens (including phenoxy) is 1. The van der Waals surface area contributed by atoms with Crippen molar-refractivity contribution in [3.63, 3.8) is 0 Å².